The van der Waals surface area contributed by atoms with Crippen LogP contribution in [0.15, 0.2) is 73.1 Å². The highest BCUT2D eigenvalue weighted by molar-refractivity contribution is 5.64. The van der Waals surface area contributed by atoms with Gasteiger partial charge in [-0.3, -0.25) is 4.98 Å². The molecule has 0 unspecified atom stereocenters. The molecule has 4 nitrogen and oxygen atoms in total. The van der Waals surface area contributed by atoms with Crippen molar-refractivity contribution in [2.45, 2.75) is 38.4 Å². The first-order chi connectivity index (χ1) is 14.2. The highest BCUT2D eigenvalue weighted by Crippen LogP contribution is 2.24. The molecule has 2 atom stereocenters. The van der Waals surface area contributed by atoms with Crippen LogP contribution in [-0.2, 0) is 12.8 Å². The minimum absolute atomic E-state index is 0.276. The Kier molecular flexibility index (Phi) is 7.79. The molecule has 0 bridgehead atoms. The number of aliphatic hydroxyl groups is 1. The molecule has 0 saturated carbocycles. The summed E-state index contributed by atoms with van der Waals surface area (Å²) in [7, 11) is 1.97. The quantitative estimate of drug-likeness (QED) is 0.543. The highest BCUT2D eigenvalue weighted by Gasteiger charge is 2.16. The first-order valence-electron chi connectivity index (χ1n) is 10.2. The number of aliphatic hydroxyl groups excluding tert-OH is 1. The van der Waals surface area contributed by atoms with Crippen molar-refractivity contribution in [3.63, 3.8) is 0 Å². The Hall–Kier alpha value is -2.69. The van der Waals surface area contributed by atoms with E-state index in [1.807, 2.05) is 44.4 Å². The Balaban J connectivity index is 1.55. The van der Waals surface area contributed by atoms with Crippen molar-refractivity contribution >= 4 is 0 Å². The summed E-state index contributed by atoms with van der Waals surface area (Å²) in [6.07, 6.45) is 5.23. The topological polar surface area (TPSA) is 54.4 Å². The number of benzene rings is 2. The number of hydrogen-bond acceptors (Lipinski definition) is 4. The molecule has 152 valence electrons. The van der Waals surface area contributed by atoms with Crippen LogP contribution in [0.3, 0.4) is 0 Å². The van der Waals surface area contributed by atoms with Gasteiger partial charge in [0.15, 0.2) is 0 Å². The van der Waals surface area contributed by atoms with Gasteiger partial charge in [-0.2, -0.15) is 0 Å². The second-order valence-electron chi connectivity index (χ2n) is 7.37. The molecule has 4 heteroatoms. The Labute approximate surface area is 173 Å². The summed E-state index contributed by atoms with van der Waals surface area (Å²) in [5, 5.41) is 13.6. The molecule has 1 heterocycles. The van der Waals surface area contributed by atoms with E-state index in [2.05, 4.69) is 46.7 Å². The van der Waals surface area contributed by atoms with Crippen LogP contribution in [0.5, 0.6) is 5.75 Å². The average Bonchev–Trinajstić information content (AvgIpc) is 2.77. The molecule has 1 aromatic heterocycles. The van der Waals surface area contributed by atoms with Crippen LogP contribution in [0.1, 0.15) is 24.5 Å². The van der Waals surface area contributed by atoms with Crippen molar-refractivity contribution in [2.24, 2.45) is 0 Å². The lowest BCUT2D eigenvalue weighted by molar-refractivity contribution is 0.0420. The van der Waals surface area contributed by atoms with Crippen LogP contribution in [0, 0.1) is 0 Å². The Morgan fingerprint density at radius 2 is 1.76 bits per heavy atom. The van der Waals surface area contributed by atoms with E-state index >= 15 is 0 Å². The lowest BCUT2D eigenvalue weighted by Crippen LogP contribution is -2.29. The zero-order valence-electron chi connectivity index (χ0n) is 17.2. The summed E-state index contributed by atoms with van der Waals surface area (Å²) in [5.41, 5.74) is 4.81. The lowest BCUT2D eigenvalue weighted by atomic mass is 10.0. The number of pyridine rings is 1. The predicted molar refractivity (Wildman–Crippen MR) is 118 cm³/mol. The Morgan fingerprint density at radius 1 is 0.966 bits per heavy atom. The molecule has 0 amide bonds. The zero-order valence-corrected chi connectivity index (χ0v) is 17.2. The van der Waals surface area contributed by atoms with Gasteiger partial charge in [0.05, 0.1) is 6.10 Å². The van der Waals surface area contributed by atoms with Crippen molar-refractivity contribution in [2.75, 3.05) is 13.6 Å². The number of nitrogens with one attached hydrogen (secondary N) is 1. The molecule has 2 aromatic carbocycles. The predicted octanol–water partition coefficient (Wildman–Crippen LogP) is 4.27. The van der Waals surface area contributed by atoms with Crippen LogP contribution in [0.2, 0.25) is 0 Å². The molecular weight excluding hydrogens is 360 g/mol. The maximum atomic E-state index is 10.4. The highest BCUT2D eigenvalue weighted by atomic mass is 16.5. The van der Waals surface area contributed by atoms with Gasteiger partial charge in [-0.15, -0.1) is 0 Å². The van der Waals surface area contributed by atoms with Crippen LogP contribution in [-0.4, -0.2) is 35.9 Å². The number of likely N-dealkylation sites (N-methyl/N-ethyl adjacent to an activating group) is 1. The summed E-state index contributed by atoms with van der Waals surface area (Å²) in [4.78, 5) is 4.11. The number of rotatable bonds is 10. The van der Waals surface area contributed by atoms with E-state index < -0.39 is 6.10 Å². The van der Waals surface area contributed by atoms with Gasteiger partial charge in [0.2, 0.25) is 0 Å². The summed E-state index contributed by atoms with van der Waals surface area (Å²) in [5.74, 6) is 0.771. The summed E-state index contributed by atoms with van der Waals surface area (Å²) >= 11 is 0. The molecule has 3 rings (SSSR count). The first-order valence-corrected chi connectivity index (χ1v) is 10.2. The van der Waals surface area contributed by atoms with Gasteiger partial charge < -0.3 is 15.2 Å². The third-order valence-corrected chi connectivity index (χ3v) is 5.09. The molecule has 0 radical (unpaired) electrons. The van der Waals surface area contributed by atoms with Gasteiger partial charge in [-0.1, -0.05) is 42.5 Å². The summed E-state index contributed by atoms with van der Waals surface area (Å²) in [6, 6.07) is 20.7. The van der Waals surface area contributed by atoms with Crippen molar-refractivity contribution in [1.82, 2.24) is 10.3 Å². The van der Waals surface area contributed by atoms with Crippen molar-refractivity contribution in [3.8, 4) is 16.9 Å². The van der Waals surface area contributed by atoms with E-state index in [4.69, 9.17) is 4.74 Å². The average molecular weight is 391 g/mol. The van der Waals surface area contributed by atoms with E-state index in [1.54, 1.807) is 6.20 Å². The second kappa shape index (κ2) is 10.7. The number of ether oxygens (including phenoxy) is 1. The maximum absolute atomic E-state index is 10.4. The normalized spacial score (nSPS) is 13.1. The molecule has 0 aliphatic heterocycles. The number of nitrogens with zero attached hydrogens (tertiary/aromatic N) is 1. The second-order valence-corrected chi connectivity index (χ2v) is 7.37. The Bertz CT molecular complexity index is 866. The van der Waals surface area contributed by atoms with Gasteiger partial charge in [-0.25, -0.2) is 0 Å². The van der Waals surface area contributed by atoms with Gasteiger partial charge in [0, 0.05) is 12.4 Å². The smallest absolute Gasteiger partial charge is 0.122 e. The number of hydrogen-bond donors (Lipinski definition) is 2. The van der Waals surface area contributed by atoms with Crippen molar-refractivity contribution in [3.05, 3.63) is 84.2 Å². The molecule has 0 fully saturated rings. The van der Waals surface area contributed by atoms with Crippen LogP contribution < -0.4 is 10.1 Å². The van der Waals surface area contributed by atoms with Gasteiger partial charge in [-0.05, 0) is 80.2 Å². The third-order valence-electron chi connectivity index (χ3n) is 5.09. The molecule has 29 heavy (non-hydrogen) atoms. The Morgan fingerprint density at radius 3 is 2.48 bits per heavy atom. The molecule has 0 aliphatic carbocycles. The fourth-order valence-corrected chi connectivity index (χ4v) is 3.29. The molecule has 0 spiro atoms. The summed E-state index contributed by atoms with van der Waals surface area (Å²) < 4.78 is 5.96. The first kappa shape index (κ1) is 21.0. The SMILES string of the molecule is CNCCc1cccc(-c2ccc(O[C@@H](C)[C@H](O)CCc3cccnc3)cc2)c1. The minimum atomic E-state index is -0.529. The van der Waals surface area contributed by atoms with E-state index in [0.29, 0.717) is 6.42 Å². The molecule has 2 N–H and O–H groups in total. The van der Waals surface area contributed by atoms with Gasteiger partial charge >= 0.3 is 0 Å². The van der Waals surface area contributed by atoms with Crippen molar-refractivity contribution in [1.29, 1.82) is 0 Å². The number of aromatic nitrogens is 1. The molecule has 0 aliphatic rings. The minimum Gasteiger partial charge on any atom is -0.488 e. The molecule has 3 aromatic rings. The molecular formula is C25H30N2O2. The van der Waals surface area contributed by atoms with Crippen molar-refractivity contribution < 1.29 is 9.84 Å². The van der Waals surface area contributed by atoms with Crippen LogP contribution in [0.25, 0.3) is 11.1 Å². The largest absolute Gasteiger partial charge is 0.488 e. The lowest BCUT2D eigenvalue weighted by Gasteiger charge is -2.20. The maximum Gasteiger partial charge on any atom is 0.122 e. The fraction of sp³-hybridized carbons (Fsp3) is 0.320. The van der Waals surface area contributed by atoms with E-state index in [1.165, 1.54) is 11.1 Å². The standard InChI is InChI=1S/C25H30N2O2/c1-19(25(28)13-8-21-6-4-15-27-18-21)29-24-11-9-22(10-12-24)23-7-3-5-20(17-23)14-16-26-2/h3-7,9-12,15,17-19,25-26,28H,8,13-14,16H2,1-2H3/t19-,25+/m0/s1. The zero-order chi connectivity index (χ0) is 20.5. The van der Waals surface area contributed by atoms with Gasteiger partial charge in [0.25, 0.3) is 0 Å². The van der Waals surface area contributed by atoms with E-state index in [0.717, 1.165) is 36.3 Å². The monoisotopic (exact) mass is 390 g/mol. The number of aryl methyl sites for hydroxylation is 1. The summed E-state index contributed by atoms with van der Waals surface area (Å²) in [6.45, 7) is 2.88. The fourth-order valence-electron chi connectivity index (χ4n) is 3.29. The van der Waals surface area contributed by atoms with E-state index in [9.17, 15) is 5.11 Å². The third kappa shape index (κ3) is 6.41. The van der Waals surface area contributed by atoms with Crippen LogP contribution in [0.4, 0.5) is 0 Å². The molecule has 0 saturated heterocycles. The van der Waals surface area contributed by atoms with E-state index in [-0.39, 0.29) is 6.10 Å². The van der Waals surface area contributed by atoms with Crippen LogP contribution >= 0.6 is 0 Å². The van der Waals surface area contributed by atoms with Gasteiger partial charge in [0.1, 0.15) is 11.9 Å².